The summed E-state index contributed by atoms with van der Waals surface area (Å²) in [5.41, 5.74) is 4.12. The fourth-order valence-electron chi connectivity index (χ4n) is 1.65. The summed E-state index contributed by atoms with van der Waals surface area (Å²) in [6.45, 7) is 0.645. The first kappa shape index (κ1) is 14.1. The molecular formula is C11H17BrFNOS. The maximum atomic E-state index is 14.5. The van der Waals surface area contributed by atoms with Gasteiger partial charge in [-0.25, -0.2) is 4.39 Å². The van der Waals surface area contributed by atoms with Crippen LogP contribution in [0.1, 0.15) is 17.7 Å². The van der Waals surface area contributed by atoms with Crippen LogP contribution in [0.15, 0.2) is 15.9 Å². The van der Waals surface area contributed by atoms with Crippen molar-refractivity contribution in [3.8, 4) is 0 Å². The van der Waals surface area contributed by atoms with Crippen molar-refractivity contribution < 1.29 is 9.13 Å². The first-order valence-electron chi connectivity index (χ1n) is 5.22. The van der Waals surface area contributed by atoms with Crippen molar-refractivity contribution in [3.05, 3.63) is 20.8 Å². The molecule has 0 aromatic carbocycles. The van der Waals surface area contributed by atoms with Gasteiger partial charge < -0.3 is 10.5 Å². The van der Waals surface area contributed by atoms with E-state index in [0.29, 0.717) is 25.8 Å². The molecule has 0 saturated heterocycles. The van der Waals surface area contributed by atoms with Crippen molar-refractivity contribution in [1.82, 2.24) is 0 Å². The lowest BCUT2D eigenvalue weighted by atomic mass is 9.96. The number of methoxy groups -OCH3 is 1. The van der Waals surface area contributed by atoms with E-state index in [1.807, 2.05) is 12.1 Å². The van der Waals surface area contributed by atoms with Gasteiger partial charge in [0.15, 0.2) is 0 Å². The molecular weight excluding hydrogens is 293 g/mol. The lowest BCUT2D eigenvalue weighted by Gasteiger charge is -2.23. The minimum absolute atomic E-state index is 0.127. The van der Waals surface area contributed by atoms with E-state index in [1.165, 1.54) is 7.11 Å². The van der Waals surface area contributed by atoms with Crippen molar-refractivity contribution in [2.45, 2.75) is 24.9 Å². The Morgan fingerprint density at radius 1 is 1.56 bits per heavy atom. The number of ether oxygens (including phenoxy) is 1. The van der Waals surface area contributed by atoms with Gasteiger partial charge in [0.25, 0.3) is 0 Å². The van der Waals surface area contributed by atoms with Gasteiger partial charge in [-0.15, -0.1) is 11.3 Å². The molecule has 0 amide bonds. The molecule has 1 aromatic heterocycles. The molecule has 0 spiro atoms. The van der Waals surface area contributed by atoms with E-state index in [2.05, 4.69) is 15.9 Å². The fourth-order valence-corrected chi connectivity index (χ4v) is 3.26. The SMILES string of the molecule is COCC(F)(CCCN)Cc1ccc(Br)s1. The Labute approximate surface area is 108 Å². The fraction of sp³-hybridized carbons (Fsp3) is 0.636. The molecule has 2 nitrogen and oxygen atoms in total. The van der Waals surface area contributed by atoms with Crippen LogP contribution in [0, 0.1) is 0 Å². The van der Waals surface area contributed by atoms with Crippen LogP contribution in [0.25, 0.3) is 0 Å². The van der Waals surface area contributed by atoms with Gasteiger partial charge in [0.2, 0.25) is 0 Å². The van der Waals surface area contributed by atoms with Crippen LogP contribution >= 0.6 is 27.3 Å². The zero-order chi connectivity index (χ0) is 12.0. The van der Waals surface area contributed by atoms with Crippen molar-refractivity contribution >= 4 is 27.3 Å². The van der Waals surface area contributed by atoms with Gasteiger partial charge in [0.05, 0.1) is 10.4 Å². The summed E-state index contributed by atoms with van der Waals surface area (Å²) in [5, 5.41) is 0. The first-order valence-corrected chi connectivity index (χ1v) is 6.83. The number of halogens is 2. The van der Waals surface area contributed by atoms with Gasteiger partial charge in [-0.05, 0) is 47.4 Å². The lowest BCUT2D eigenvalue weighted by Crippen LogP contribution is -2.32. The monoisotopic (exact) mass is 309 g/mol. The maximum absolute atomic E-state index is 14.5. The highest BCUT2D eigenvalue weighted by molar-refractivity contribution is 9.11. The topological polar surface area (TPSA) is 35.2 Å². The standard InChI is InChI=1S/C11H17BrFNOS/c1-15-8-11(13,5-2-6-14)7-9-3-4-10(12)16-9/h3-4H,2,5-8,14H2,1H3. The number of hydrogen-bond acceptors (Lipinski definition) is 3. The van der Waals surface area contributed by atoms with Gasteiger partial charge in [-0.3, -0.25) is 0 Å². The van der Waals surface area contributed by atoms with E-state index < -0.39 is 5.67 Å². The molecule has 0 aliphatic heterocycles. The number of alkyl halides is 1. The highest BCUT2D eigenvalue weighted by Crippen LogP contribution is 2.30. The average molecular weight is 310 g/mol. The highest BCUT2D eigenvalue weighted by atomic mass is 79.9. The van der Waals surface area contributed by atoms with Crippen molar-refractivity contribution in [1.29, 1.82) is 0 Å². The van der Waals surface area contributed by atoms with Crippen LogP contribution in [0.5, 0.6) is 0 Å². The summed E-state index contributed by atoms with van der Waals surface area (Å²) in [6, 6.07) is 3.89. The maximum Gasteiger partial charge on any atom is 0.139 e. The molecule has 1 rings (SSSR count). The van der Waals surface area contributed by atoms with E-state index in [9.17, 15) is 4.39 Å². The first-order chi connectivity index (χ1) is 7.59. The third-order valence-corrected chi connectivity index (χ3v) is 3.98. The predicted molar refractivity (Wildman–Crippen MR) is 69.7 cm³/mol. The van der Waals surface area contributed by atoms with Crippen LogP contribution in [0.3, 0.4) is 0 Å². The molecule has 0 aliphatic rings. The van der Waals surface area contributed by atoms with Crippen LogP contribution in [0.2, 0.25) is 0 Å². The van der Waals surface area contributed by atoms with Crippen LogP contribution < -0.4 is 5.73 Å². The number of rotatable bonds is 7. The van der Waals surface area contributed by atoms with Crippen LogP contribution in [-0.2, 0) is 11.2 Å². The van der Waals surface area contributed by atoms with Crippen molar-refractivity contribution in [3.63, 3.8) is 0 Å². The number of hydrogen-bond donors (Lipinski definition) is 1. The summed E-state index contributed by atoms with van der Waals surface area (Å²) < 4.78 is 20.5. The normalized spacial score (nSPS) is 15.0. The minimum Gasteiger partial charge on any atom is -0.381 e. The molecule has 16 heavy (non-hydrogen) atoms. The molecule has 5 heteroatoms. The highest BCUT2D eigenvalue weighted by Gasteiger charge is 2.30. The third kappa shape index (κ3) is 4.49. The molecule has 0 radical (unpaired) electrons. The van der Waals surface area contributed by atoms with Gasteiger partial charge in [-0.1, -0.05) is 0 Å². The summed E-state index contributed by atoms with van der Waals surface area (Å²) in [4.78, 5) is 1.03. The summed E-state index contributed by atoms with van der Waals surface area (Å²) >= 11 is 4.94. The third-order valence-electron chi connectivity index (χ3n) is 2.35. The Kier molecular flexibility index (Phi) is 5.89. The van der Waals surface area contributed by atoms with Crippen LogP contribution in [0.4, 0.5) is 4.39 Å². The van der Waals surface area contributed by atoms with E-state index >= 15 is 0 Å². The molecule has 1 atom stereocenters. The molecule has 1 heterocycles. The van der Waals surface area contributed by atoms with Gasteiger partial charge >= 0.3 is 0 Å². The largest absolute Gasteiger partial charge is 0.381 e. The summed E-state index contributed by atoms with van der Waals surface area (Å²) in [6.07, 6.45) is 1.54. The van der Waals surface area contributed by atoms with E-state index in [0.717, 1.165) is 8.66 Å². The minimum atomic E-state index is -1.29. The van der Waals surface area contributed by atoms with E-state index in [-0.39, 0.29) is 6.61 Å². The Hall–Kier alpha value is 0.0300. The van der Waals surface area contributed by atoms with E-state index in [4.69, 9.17) is 10.5 Å². The zero-order valence-corrected chi connectivity index (χ0v) is 11.7. The number of thiophene rings is 1. The molecule has 0 bridgehead atoms. The van der Waals surface area contributed by atoms with E-state index in [1.54, 1.807) is 11.3 Å². The second-order valence-corrected chi connectivity index (χ2v) is 6.41. The van der Waals surface area contributed by atoms with Crippen molar-refractivity contribution in [2.75, 3.05) is 20.3 Å². The average Bonchev–Trinajstić information content (AvgIpc) is 2.61. The molecule has 92 valence electrons. The Morgan fingerprint density at radius 3 is 2.81 bits per heavy atom. The summed E-state index contributed by atoms with van der Waals surface area (Å²) in [5.74, 6) is 0. The predicted octanol–water partition coefficient (Wildman–Crippen LogP) is 3.15. The van der Waals surface area contributed by atoms with Gasteiger partial charge in [0.1, 0.15) is 5.67 Å². The second kappa shape index (κ2) is 6.69. The smallest absolute Gasteiger partial charge is 0.139 e. The number of nitrogens with two attached hydrogens (primary N) is 1. The van der Waals surface area contributed by atoms with Gasteiger partial charge in [0, 0.05) is 18.4 Å². The lowest BCUT2D eigenvalue weighted by molar-refractivity contribution is 0.0340. The van der Waals surface area contributed by atoms with Crippen molar-refractivity contribution in [2.24, 2.45) is 5.73 Å². The second-order valence-electron chi connectivity index (χ2n) is 3.86. The Morgan fingerprint density at radius 2 is 2.31 bits per heavy atom. The quantitative estimate of drug-likeness (QED) is 0.840. The van der Waals surface area contributed by atoms with Crippen LogP contribution in [-0.4, -0.2) is 25.9 Å². The summed E-state index contributed by atoms with van der Waals surface area (Å²) in [7, 11) is 1.53. The molecule has 2 N–H and O–H groups in total. The van der Waals surface area contributed by atoms with Gasteiger partial charge in [-0.2, -0.15) is 0 Å². The zero-order valence-electron chi connectivity index (χ0n) is 9.34. The molecule has 0 fully saturated rings. The molecule has 0 aliphatic carbocycles. The molecule has 1 aromatic rings. The Bertz CT molecular complexity index is 321. The Balaban J connectivity index is 2.62. The molecule has 0 saturated carbocycles. The molecule has 1 unspecified atom stereocenters.